The van der Waals surface area contributed by atoms with Crippen molar-refractivity contribution < 1.29 is 0 Å². The zero-order valence-corrected chi connectivity index (χ0v) is 11.9. The van der Waals surface area contributed by atoms with Crippen LogP contribution in [0.25, 0.3) is 0 Å². The zero-order chi connectivity index (χ0) is 12.5. The van der Waals surface area contributed by atoms with Crippen LogP contribution in [-0.2, 0) is 0 Å². The first-order chi connectivity index (χ1) is 7.96. The van der Waals surface area contributed by atoms with Crippen LogP contribution in [0, 0.1) is 5.92 Å². The molecule has 0 aromatic heterocycles. The molecule has 1 aliphatic carbocycles. The number of hydrogen-bond acceptors (Lipinski definition) is 2. The highest BCUT2D eigenvalue weighted by molar-refractivity contribution is 5.07. The SMILES string of the molecule is CC1=CCCN(C2CCC2CNC(C)(C)C)C1. The van der Waals surface area contributed by atoms with Gasteiger partial charge in [0.1, 0.15) is 0 Å². The molecule has 0 amide bonds. The summed E-state index contributed by atoms with van der Waals surface area (Å²) in [5.41, 5.74) is 1.82. The van der Waals surface area contributed by atoms with Gasteiger partial charge in [-0.15, -0.1) is 0 Å². The van der Waals surface area contributed by atoms with Crippen molar-refractivity contribution in [1.29, 1.82) is 0 Å². The van der Waals surface area contributed by atoms with E-state index >= 15 is 0 Å². The molecular weight excluding hydrogens is 208 g/mol. The minimum atomic E-state index is 0.262. The Morgan fingerprint density at radius 3 is 2.65 bits per heavy atom. The van der Waals surface area contributed by atoms with Crippen molar-refractivity contribution in [2.75, 3.05) is 19.6 Å². The van der Waals surface area contributed by atoms with E-state index in [1.807, 2.05) is 0 Å². The van der Waals surface area contributed by atoms with Crippen molar-refractivity contribution in [1.82, 2.24) is 10.2 Å². The van der Waals surface area contributed by atoms with Crippen LogP contribution in [0.4, 0.5) is 0 Å². The van der Waals surface area contributed by atoms with Gasteiger partial charge in [-0.05, 0) is 59.4 Å². The molecule has 2 rings (SSSR count). The molecule has 2 atom stereocenters. The average molecular weight is 236 g/mol. The van der Waals surface area contributed by atoms with Gasteiger partial charge in [0.25, 0.3) is 0 Å². The molecule has 17 heavy (non-hydrogen) atoms. The summed E-state index contributed by atoms with van der Waals surface area (Å²) >= 11 is 0. The van der Waals surface area contributed by atoms with Crippen LogP contribution in [0.2, 0.25) is 0 Å². The molecular formula is C15H28N2. The summed E-state index contributed by atoms with van der Waals surface area (Å²) in [6.07, 6.45) is 6.47. The van der Waals surface area contributed by atoms with Crippen molar-refractivity contribution in [3.63, 3.8) is 0 Å². The number of nitrogens with zero attached hydrogens (tertiary/aromatic N) is 1. The molecule has 0 spiro atoms. The Morgan fingerprint density at radius 2 is 2.12 bits per heavy atom. The second-order valence-corrected chi connectivity index (χ2v) is 6.85. The van der Waals surface area contributed by atoms with Crippen LogP contribution in [-0.4, -0.2) is 36.1 Å². The van der Waals surface area contributed by atoms with Gasteiger partial charge in [-0.3, -0.25) is 4.90 Å². The fourth-order valence-electron chi connectivity index (χ4n) is 2.93. The molecule has 2 aliphatic rings. The van der Waals surface area contributed by atoms with Gasteiger partial charge < -0.3 is 5.32 Å². The molecule has 0 bridgehead atoms. The molecule has 1 aliphatic heterocycles. The summed E-state index contributed by atoms with van der Waals surface area (Å²) in [5.74, 6) is 0.875. The van der Waals surface area contributed by atoms with Gasteiger partial charge in [0.2, 0.25) is 0 Å². The number of nitrogens with one attached hydrogen (secondary N) is 1. The zero-order valence-electron chi connectivity index (χ0n) is 11.9. The number of rotatable bonds is 3. The predicted octanol–water partition coefficient (Wildman–Crippen LogP) is 2.81. The molecule has 0 aromatic rings. The van der Waals surface area contributed by atoms with Crippen LogP contribution < -0.4 is 5.32 Å². The van der Waals surface area contributed by atoms with Crippen LogP contribution in [0.15, 0.2) is 11.6 Å². The molecule has 1 N–H and O–H groups in total. The van der Waals surface area contributed by atoms with Gasteiger partial charge in [-0.2, -0.15) is 0 Å². The van der Waals surface area contributed by atoms with Crippen molar-refractivity contribution >= 4 is 0 Å². The van der Waals surface area contributed by atoms with E-state index < -0.39 is 0 Å². The molecule has 0 radical (unpaired) electrons. The summed E-state index contributed by atoms with van der Waals surface area (Å²) in [5, 5.41) is 3.66. The summed E-state index contributed by atoms with van der Waals surface area (Å²) in [6, 6.07) is 0.841. The summed E-state index contributed by atoms with van der Waals surface area (Å²) in [6.45, 7) is 12.7. The van der Waals surface area contributed by atoms with Gasteiger partial charge in [0, 0.05) is 24.7 Å². The molecule has 2 heteroatoms. The Kier molecular flexibility index (Phi) is 3.94. The Morgan fingerprint density at radius 1 is 1.35 bits per heavy atom. The van der Waals surface area contributed by atoms with E-state index in [0.29, 0.717) is 0 Å². The first kappa shape index (κ1) is 13.1. The smallest absolute Gasteiger partial charge is 0.0193 e. The Hall–Kier alpha value is -0.340. The Labute approximate surface area is 106 Å². The van der Waals surface area contributed by atoms with Crippen LogP contribution >= 0.6 is 0 Å². The van der Waals surface area contributed by atoms with E-state index in [9.17, 15) is 0 Å². The molecule has 0 aromatic carbocycles. The average Bonchev–Trinajstić information content (AvgIpc) is 2.14. The fourth-order valence-corrected chi connectivity index (χ4v) is 2.93. The first-order valence-corrected chi connectivity index (χ1v) is 7.10. The van der Waals surface area contributed by atoms with E-state index in [1.165, 1.54) is 38.9 Å². The monoisotopic (exact) mass is 236 g/mol. The van der Waals surface area contributed by atoms with E-state index in [4.69, 9.17) is 0 Å². The van der Waals surface area contributed by atoms with Crippen molar-refractivity contribution in [3.8, 4) is 0 Å². The van der Waals surface area contributed by atoms with Gasteiger partial charge >= 0.3 is 0 Å². The maximum atomic E-state index is 3.66. The quantitative estimate of drug-likeness (QED) is 0.758. The maximum Gasteiger partial charge on any atom is 0.0193 e. The molecule has 2 unspecified atom stereocenters. The van der Waals surface area contributed by atoms with Gasteiger partial charge in [0.05, 0.1) is 0 Å². The number of hydrogen-bond donors (Lipinski definition) is 1. The fraction of sp³-hybridized carbons (Fsp3) is 0.867. The molecule has 0 saturated heterocycles. The second kappa shape index (κ2) is 5.11. The molecule has 1 fully saturated rings. The van der Waals surface area contributed by atoms with Crippen molar-refractivity contribution in [3.05, 3.63) is 11.6 Å². The van der Waals surface area contributed by atoms with Crippen LogP contribution in [0.1, 0.15) is 47.0 Å². The minimum Gasteiger partial charge on any atom is -0.312 e. The second-order valence-electron chi connectivity index (χ2n) is 6.85. The standard InChI is InChI=1S/C15H28N2/c1-12-6-5-9-17(11-12)14-8-7-13(14)10-16-15(2,3)4/h6,13-14,16H,5,7-11H2,1-4H3. The molecule has 1 saturated carbocycles. The van der Waals surface area contributed by atoms with Crippen molar-refractivity contribution in [2.45, 2.75) is 58.5 Å². The van der Waals surface area contributed by atoms with E-state index in [1.54, 1.807) is 5.57 Å². The molecule has 1 heterocycles. The molecule has 98 valence electrons. The van der Waals surface area contributed by atoms with Crippen LogP contribution in [0.3, 0.4) is 0 Å². The van der Waals surface area contributed by atoms with E-state index in [2.05, 4.69) is 44.0 Å². The minimum absolute atomic E-state index is 0.262. The highest BCUT2D eigenvalue weighted by atomic mass is 15.2. The van der Waals surface area contributed by atoms with Gasteiger partial charge in [-0.25, -0.2) is 0 Å². The van der Waals surface area contributed by atoms with E-state index in [0.717, 1.165) is 12.0 Å². The van der Waals surface area contributed by atoms with E-state index in [-0.39, 0.29) is 5.54 Å². The Bertz CT molecular complexity index is 288. The Balaban J connectivity index is 1.80. The summed E-state index contributed by atoms with van der Waals surface area (Å²) < 4.78 is 0. The summed E-state index contributed by atoms with van der Waals surface area (Å²) in [7, 11) is 0. The van der Waals surface area contributed by atoms with Gasteiger partial charge in [-0.1, -0.05) is 11.6 Å². The predicted molar refractivity (Wildman–Crippen MR) is 74.2 cm³/mol. The third-order valence-electron chi connectivity index (χ3n) is 4.10. The normalized spacial score (nSPS) is 30.9. The first-order valence-electron chi connectivity index (χ1n) is 7.10. The third-order valence-corrected chi connectivity index (χ3v) is 4.10. The highest BCUT2D eigenvalue weighted by Crippen LogP contribution is 2.33. The van der Waals surface area contributed by atoms with Crippen LogP contribution in [0.5, 0.6) is 0 Å². The topological polar surface area (TPSA) is 15.3 Å². The highest BCUT2D eigenvalue weighted by Gasteiger charge is 2.35. The van der Waals surface area contributed by atoms with Crippen molar-refractivity contribution in [2.24, 2.45) is 5.92 Å². The van der Waals surface area contributed by atoms with Gasteiger partial charge in [0.15, 0.2) is 0 Å². The lowest BCUT2D eigenvalue weighted by molar-refractivity contribution is 0.0633. The lowest BCUT2D eigenvalue weighted by atomic mass is 9.77. The third kappa shape index (κ3) is 3.56. The lowest BCUT2D eigenvalue weighted by Crippen LogP contribution is -2.53. The summed E-state index contributed by atoms with van der Waals surface area (Å²) in [4.78, 5) is 2.70. The maximum absolute atomic E-state index is 3.66. The lowest BCUT2D eigenvalue weighted by Gasteiger charge is -2.46. The molecule has 2 nitrogen and oxygen atoms in total. The largest absolute Gasteiger partial charge is 0.312 e.